The number of hydrogen-bond donors (Lipinski definition) is 2. The van der Waals surface area contributed by atoms with E-state index in [9.17, 15) is 13.6 Å². The van der Waals surface area contributed by atoms with Crippen LogP contribution >= 0.6 is 0 Å². The minimum absolute atomic E-state index is 0.338. The minimum atomic E-state index is -0.423. The molecule has 3 heterocycles. The van der Waals surface area contributed by atoms with Crippen LogP contribution in [0, 0.1) is 11.6 Å². The number of fused-ring (bicyclic) bond motifs is 1. The molecule has 0 saturated carbocycles. The zero-order valence-corrected chi connectivity index (χ0v) is 17.1. The third-order valence-corrected chi connectivity index (χ3v) is 5.55. The van der Waals surface area contributed by atoms with E-state index < -0.39 is 5.82 Å². The number of nitrogens with one attached hydrogen (secondary N) is 2. The molecule has 1 aromatic heterocycles. The molecule has 1 amide bonds. The maximum Gasteiger partial charge on any atom is 0.257 e. The van der Waals surface area contributed by atoms with Gasteiger partial charge in [0.25, 0.3) is 5.91 Å². The third kappa shape index (κ3) is 3.84. The zero-order chi connectivity index (χ0) is 22.1. The van der Waals surface area contributed by atoms with Crippen LogP contribution in [0.2, 0.25) is 0 Å². The van der Waals surface area contributed by atoms with Crippen molar-refractivity contribution in [1.29, 1.82) is 0 Å². The van der Waals surface area contributed by atoms with E-state index in [0.29, 0.717) is 60.3 Å². The smallest absolute Gasteiger partial charge is 0.257 e. The summed E-state index contributed by atoms with van der Waals surface area (Å²) in [5.74, 6) is -0.430. The largest absolute Gasteiger partial charge is 0.366 e. The highest BCUT2D eigenvalue weighted by Gasteiger charge is 2.25. The van der Waals surface area contributed by atoms with E-state index >= 15 is 0 Å². The van der Waals surface area contributed by atoms with Gasteiger partial charge in [0.1, 0.15) is 11.6 Å². The van der Waals surface area contributed by atoms with Crippen LogP contribution in [0.15, 0.2) is 61.1 Å². The fourth-order valence-electron chi connectivity index (χ4n) is 3.92. The molecule has 0 unspecified atom stereocenters. The Morgan fingerprint density at radius 2 is 1.72 bits per heavy atom. The summed E-state index contributed by atoms with van der Waals surface area (Å²) in [7, 11) is 0. The van der Waals surface area contributed by atoms with Crippen LogP contribution in [0.3, 0.4) is 0 Å². The first-order valence-electron chi connectivity index (χ1n) is 10.2. The number of nitrogens with zero attached hydrogens (tertiary/aromatic N) is 4. The molecule has 7 nitrogen and oxygen atoms in total. The van der Waals surface area contributed by atoms with Gasteiger partial charge < -0.3 is 20.4 Å². The first kappa shape index (κ1) is 19.9. The molecule has 2 aliphatic heterocycles. The lowest BCUT2D eigenvalue weighted by atomic mass is 10.1. The second-order valence-corrected chi connectivity index (χ2v) is 7.54. The van der Waals surface area contributed by atoms with Crippen molar-refractivity contribution in [3.8, 4) is 0 Å². The molecular weight excluding hydrogens is 414 g/mol. The molecule has 32 heavy (non-hydrogen) atoms. The Kier molecular flexibility index (Phi) is 5.14. The Bertz CT molecular complexity index is 1190. The fraction of sp³-hybridized carbons (Fsp3) is 0.174. The quantitative estimate of drug-likeness (QED) is 0.613. The topological polar surface area (TPSA) is 73.4 Å². The van der Waals surface area contributed by atoms with Gasteiger partial charge in [0.15, 0.2) is 0 Å². The summed E-state index contributed by atoms with van der Waals surface area (Å²) < 4.78 is 28.2. The lowest BCUT2D eigenvalue weighted by Crippen LogP contribution is -2.47. The monoisotopic (exact) mass is 434 g/mol. The van der Waals surface area contributed by atoms with Crippen molar-refractivity contribution >= 4 is 34.5 Å². The number of benzene rings is 2. The van der Waals surface area contributed by atoms with Gasteiger partial charge in [-0.1, -0.05) is 0 Å². The van der Waals surface area contributed by atoms with Gasteiger partial charge in [0.05, 0.1) is 16.9 Å². The highest BCUT2D eigenvalue weighted by atomic mass is 19.1. The molecule has 0 bridgehead atoms. The summed E-state index contributed by atoms with van der Waals surface area (Å²) in [6.07, 6.45) is 4.93. The average molecular weight is 434 g/mol. The van der Waals surface area contributed by atoms with Gasteiger partial charge in [-0.25, -0.2) is 18.7 Å². The van der Waals surface area contributed by atoms with E-state index in [-0.39, 0.29) is 11.7 Å². The van der Waals surface area contributed by atoms with Crippen LogP contribution < -0.4 is 20.4 Å². The van der Waals surface area contributed by atoms with Crippen molar-refractivity contribution < 1.29 is 13.6 Å². The second kappa shape index (κ2) is 8.26. The standard InChI is InChI=1S/C23H20F2N6O/c24-15-2-4-17-18(22(32)29-20(17)12-15)14-28-16-3-5-21(19(25)13-16)30-8-10-31(11-9-30)23-26-6-1-7-27-23/h1-7,12-14,28H,8-11H2,(H,29,32). The number of hydrogen-bond acceptors (Lipinski definition) is 6. The Labute approximate surface area is 183 Å². The number of halogens is 2. The van der Waals surface area contributed by atoms with E-state index in [0.717, 1.165) is 0 Å². The van der Waals surface area contributed by atoms with Crippen molar-refractivity contribution in [2.24, 2.45) is 0 Å². The molecule has 0 spiro atoms. The number of anilines is 4. The lowest BCUT2D eigenvalue weighted by Gasteiger charge is -2.36. The summed E-state index contributed by atoms with van der Waals surface area (Å²) in [5, 5.41) is 5.59. The van der Waals surface area contributed by atoms with Gasteiger partial charge in [-0.05, 0) is 42.5 Å². The highest BCUT2D eigenvalue weighted by molar-refractivity contribution is 6.31. The van der Waals surface area contributed by atoms with Crippen LogP contribution in [-0.4, -0.2) is 42.1 Å². The van der Waals surface area contributed by atoms with Gasteiger partial charge in [-0.2, -0.15) is 0 Å². The lowest BCUT2D eigenvalue weighted by molar-refractivity contribution is -0.110. The Hall–Kier alpha value is -4.01. The number of piperazine rings is 1. The fourth-order valence-corrected chi connectivity index (χ4v) is 3.92. The molecule has 1 saturated heterocycles. The van der Waals surface area contributed by atoms with Crippen LogP contribution in [0.1, 0.15) is 5.56 Å². The normalized spacial score (nSPS) is 16.8. The molecule has 162 valence electrons. The molecule has 1 fully saturated rings. The van der Waals surface area contributed by atoms with Crippen molar-refractivity contribution in [2.75, 3.05) is 46.6 Å². The maximum absolute atomic E-state index is 14.9. The second-order valence-electron chi connectivity index (χ2n) is 7.54. The molecule has 2 N–H and O–H groups in total. The molecule has 2 aliphatic rings. The van der Waals surface area contributed by atoms with Gasteiger partial charge >= 0.3 is 0 Å². The first-order valence-corrected chi connectivity index (χ1v) is 10.2. The average Bonchev–Trinajstić information content (AvgIpc) is 3.12. The summed E-state index contributed by atoms with van der Waals surface area (Å²) in [6, 6.07) is 10.8. The van der Waals surface area contributed by atoms with Crippen molar-refractivity contribution in [3.05, 3.63) is 78.3 Å². The Balaban J connectivity index is 1.27. The zero-order valence-electron chi connectivity index (χ0n) is 17.1. The molecule has 0 aliphatic carbocycles. The summed E-state index contributed by atoms with van der Waals surface area (Å²) in [6.45, 7) is 2.70. The Morgan fingerprint density at radius 3 is 2.47 bits per heavy atom. The van der Waals surface area contributed by atoms with Gasteiger partial charge in [-0.15, -0.1) is 0 Å². The van der Waals surface area contributed by atoms with Gasteiger partial charge in [-0.3, -0.25) is 4.79 Å². The molecular formula is C23H20F2N6O. The SMILES string of the molecule is O=C1Nc2cc(F)ccc2C1=CNc1ccc(N2CCN(c3ncccn3)CC2)c(F)c1. The van der Waals surface area contributed by atoms with Gasteiger partial charge in [0.2, 0.25) is 5.95 Å². The first-order chi connectivity index (χ1) is 15.6. The van der Waals surface area contributed by atoms with Crippen molar-refractivity contribution in [1.82, 2.24) is 9.97 Å². The number of aromatic nitrogens is 2. The number of carbonyl (C=O) groups excluding carboxylic acids is 1. The summed E-state index contributed by atoms with van der Waals surface area (Å²) >= 11 is 0. The maximum atomic E-state index is 14.9. The van der Waals surface area contributed by atoms with Gasteiger partial charge in [0, 0.05) is 56.0 Å². The van der Waals surface area contributed by atoms with E-state index in [4.69, 9.17) is 0 Å². The summed E-state index contributed by atoms with van der Waals surface area (Å²) in [4.78, 5) is 24.8. The summed E-state index contributed by atoms with van der Waals surface area (Å²) in [5.41, 5.74) is 2.42. The van der Waals surface area contributed by atoms with Crippen LogP contribution in [0.25, 0.3) is 5.57 Å². The Morgan fingerprint density at radius 1 is 0.969 bits per heavy atom. The molecule has 0 atom stereocenters. The number of rotatable bonds is 4. The van der Waals surface area contributed by atoms with Crippen molar-refractivity contribution in [2.45, 2.75) is 0 Å². The number of carbonyl (C=O) groups is 1. The third-order valence-electron chi connectivity index (χ3n) is 5.55. The van der Waals surface area contributed by atoms with Crippen LogP contribution in [0.5, 0.6) is 0 Å². The molecule has 0 radical (unpaired) electrons. The minimum Gasteiger partial charge on any atom is -0.366 e. The predicted molar refractivity (Wildman–Crippen MR) is 119 cm³/mol. The van der Waals surface area contributed by atoms with Crippen LogP contribution in [0.4, 0.5) is 31.8 Å². The molecule has 9 heteroatoms. The van der Waals surface area contributed by atoms with Crippen LogP contribution in [-0.2, 0) is 4.79 Å². The number of amides is 1. The van der Waals surface area contributed by atoms with Crippen molar-refractivity contribution in [3.63, 3.8) is 0 Å². The molecule has 5 rings (SSSR count). The van der Waals surface area contributed by atoms with E-state index in [1.165, 1.54) is 24.4 Å². The highest BCUT2D eigenvalue weighted by Crippen LogP contribution is 2.32. The molecule has 2 aromatic carbocycles. The predicted octanol–water partition coefficient (Wildman–Crippen LogP) is 3.49. The van der Waals surface area contributed by atoms with E-state index in [2.05, 4.69) is 25.5 Å². The van der Waals surface area contributed by atoms with E-state index in [1.54, 1.807) is 36.7 Å². The van der Waals surface area contributed by atoms with E-state index in [1.807, 2.05) is 4.90 Å². The molecule has 3 aromatic rings.